The molecule has 0 spiro atoms. The van der Waals surface area contributed by atoms with Gasteiger partial charge in [0.2, 0.25) is 16.0 Å². The summed E-state index contributed by atoms with van der Waals surface area (Å²) in [6.07, 6.45) is 7.96. The summed E-state index contributed by atoms with van der Waals surface area (Å²) in [6, 6.07) is 15.9. The van der Waals surface area contributed by atoms with Gasteiger partial charge in [0.1, 0.15) is 0 Å². The van der Waals surface area contributed by atoms with E-state index in [1.165, 1.54) is 28.1 Å². The number of hydrogen-bond acceptors (Lipinski definition) is 7. The number of hydrogen-bond donors (Lipinski definition) is 1. The lowest BCUT2D eigenvalue weighted by Crippen LogP contribution is -2.48. The molecule has 3 heterocycles. The molecule has 0 bridgehead atoms. The summed E-state index contributed by atoms with van der Waals surface area (Å²) in [7, 11) is -3.17. The van der Waals surface area contributed by atoms with Gasteiger partial charge in [0.05, 0.1) is 11.6 Å². The Morgan fingerprint density at radius 3 is 2.54 bits per heavy atom. The largest absolute Gasteiger partial charge is 0.369 e. The second kappa shape index (κ2) is 9.28. The van der Waals surface area contributed by atoms with E-state index in [1.807, 2.05) is 28.8 Å². The van der Waals surface area contributed by atoms with Crippen molar-refractivity contribution in [2.24, 2.45) is 0 Å². The predicted molar refractivity (Wildman–Crippen MR) is 146 cm³/mol. The molecule has 9 nitrogen and oxygen atoms in total. The van der Waals surface area contributed by atoms with E-state index in [2.05, 4.69) is 33.4 Å². The molecule has 0 radical (unpaired) electrons. The van der Waals surface area contributed by atoms with Gasteiger partial charge in [-0.05, 0) is 60.7 Å². The number of pyridine rings is 1. The number of rotatable bonds is 5. The van der Waals surface area contributed by atoms with Crippen LogP contribution in [0.2, 0.25) is 0 Å². The molecule has 2 aliphatic rings. The molecule has 0 atom stereocenters. The molecule has 1 fully saturated rings. The van der Waals surface area contributed by atoms with Gasteiger partial charge in [-0.2, -0.15) is 9.29 Å². The standard InChI is InChI=1S/C27H28N6O3S/c1-37(35,36)32-14-12-31(13-15-32)22-7-3-6-21(17-22)29-27-28-18-24-25(34)10-11-33(26(24)30-27)23-9-8-19-4-2-5-20(19)16-23/h3,6-11,16-18H,2,4-5,12-15H2,1H3,(H,28,29,30). The molecule has 1 N–H and O–H groups in total. The van der Waals surface area contributed by atoms with Crippen LogP contribution in [0.25, 0.3) is 16.7 Å². The van der Waals surface area contributed by atoms with Crippen LogP contribution in [0.1, 0.15) is 17.5 Å². The molecule has 190 valence electrons. The first-order chi connectivity index (χ1) is 17.8. The molecule has 2 aromatic heterocycles. The minimum atomic E-state index is -3.17. The minimum Gasteiger partial charge on any atom is -0.369 e. The highest BCUT2D eigenvalue weighted by molar-refractivity contribution is 7.88. The Balaban J connectivity index is 1.28. The molecule has 6 rings (SSSR count). The number of sulfonamides is 1. The lowest BCUT2D eigenvalue weighted by molar-refractivity contribution is 0.388. The molecule has 0 amide bonds. The zero-order valence-corrected chi connectivity index (χ0v) is 21.4. The number of fused-ring (bicyclic) bond motifs is 2. The van der Waals surface area contributed by atoms with Gasteiger partial charge in [-0.1, -0.05) is 12.1 Å². The van der Waals surface area contributed by atoms with Gasteiger partial charge in [-0.15, -0.1) is 0 Å². The second-order valence-electron chi connectivity index (χ2n) is 9.61. The first-order valence-electron chi connectivity index (χ1n) is 12.4. The summed E-state index contributed by atoms with van der Waals surface area (Å²) in [4.78, 5) is 23.9. The quantitative estimate of drug-likeness (QED) is 0.435. The van der Waals surface area contributed by atoms with Crippen LogP contribution in [-0.2, 0) is 22.9 Å². The first kappa shape index (κ1) is 23.6. The van der Waals surface area contributed by atoms with Crippen LogP contribution >= 0.6 is 0 Å². The van der Waals surface area contributed by atoms with Crippen LogP contribution in [0.3, 0.4) is 0 Å². The number of anilines is 3. The number of nitrogens with one attached hydrogen (secondary N) is 1. The highest BCUT2D eigenvalue weighted by Crippen LogP contribution is 2.27. The molecule has 0 saturated carbocycles. The lowest BCUT2D eigenvalue weighted by atomic mass is 10.1. The third-order valence-electron chi connectivity index (χ3n) is 7.17. The van der Waals surface area contributed by atoms with Crippen molar-refractivity contribution in [2.75, 3.05) is 42.7 Å². The summed E-state index contributed by atoms with van der Waals surface area (Å²) in [5.74, 6) is 0.395. The summed E-state index contributed by atoms with van der Waals surface area (Å²) in [6.45, 7) is 2.17. The summed E-state index contributed by atoms with van der Waals surface area (Å²) in [5, 5.41) is 3.74. The fourth-order valence-electron chi connectivity index (χ4n) is 5.20. The number of aryl methyl sites for hydroxylation is 2. The van der Waals surface area contributed by atoms with Crippen LogP contribution in [0.4, 0.5) is 17.3 Å². The summed E-state index contributed by atoms with van der Waals surface area (Å²) < 4.78 is 27.1. The van der Waals surface area contributed by atoms with Crippen LogP contribution < -0.4 is 15.6 Å². The van der Waals surface area contributed by atoms with E-state index in [1.54, 1.807) is 18.5 Å². The Bertz CT molecular complexity index is 1660. The molecule has 0 unspecified atom stereocenters. The molecule has 1 aliphatic carbocycles. The van der Waals surface area contributed by atoms with Gasteiger partial charge in [-0.3, -0.25) is 4.79 Å². The van der Waals surface area contributed by atoms with Crippen molar-refractivity contribution < 1.29 is 8.42 Å². The van der Waals surface area contributed by atoms with Gasteiger partial charge < -0.3 is 14.8 Å². The number of nitrogens with zero attached hydrogens (tertiary/aromatic N) is 5. The van der Waals surface area contributed by atoms with Crippen molar-refractivity contribution in [1.82, 2.24) is 18.8 Å². The monoisotopic (exact) mass is 516 g/mol. The summed E-state index contributed by atoms with van der Waals surface area (Å²) in [5.41, 5.74) is 5.96. The highest BCUT2D eigenvalue weighted by atomic mass is 32.2. The molecule has 37 heavy (non-hydrogen) atoms. The average Bonchev–Trinajstić information content (AvgIpc) is 3.37. The molecule has 10 heteroatoms. The zero-order valence-electron chi connectivity index (χ0n) is 20.6. The minimum absolute atomic E-state index is 0.116. The maximum Gasteiger partial charge on any atom is 0.229 e. The number of aromatic nitrogens is 3. The van der Waals surface area contributed by atoms with Crippen molar-refractivity contribution in [3.63, 3.8) is 0 Å². The van der Waals surface area contributed by atoms with Crippen LogP contribution in [0, 0.1) is 0 Å². The first-order valence-corrected chi connectivity index (χ1v) is 14.3. The van der Waals surface area contributed by atoms with Gasteiger partial charge in [0, 0.05) is 61.7 Å². The van der Waals surface area contributed by atoms with Crippen LogP contribution in [-0.4, -0.2) is 59.7 Å². The van der Waals surface area contributed by atoms with E-state index in [-0.39, 0.29) is 5.43 Å². The molecule has 1 saturated heterocycles. The van der Waals surface area contributed by atoms with Gasteiger partial charge >= 0.3 is 0 Å². The van der Waals surface area contributed by atoms with Crippen molar-refractivity contribution in [3.05, 3.63) is 82.3 Å². The number of benzene rings is 2. The van der Waals surface area contributed by atoms with Gasteiger partial charge in [0.25, 0.3) is 0 Å². The van der Waals surface area contributed by atoms with Crippen molar-refractivity contribution in [1.29, 1.82) is 0 Å². The summed E-state index contributed by atoms with van der Waals surface area (Å²) >= 11 is 0. The van der Waals surface area contributed by atoms with E-state index >= 15 is 0 Å². The lowest BCUT2D eigenvalue weighted by Gasteiger charge is -2.34. The Morgan fingerprint density at radius 1 is 0.919 bits per heavy atom. The topological polar surface area (TPSA) is 100 Å². The van der Waals surface area contributed by atoms with E-state index in [0.29, 0.717) is 43.2 Å². The van der Waals surface area contributed by atoms with E-state index < -0.39 is 10.0 Å². The third-order valence-corrected chi connectivity index (χ3v) is 8.48. The Morgan fingerprint density at radius 2 is 1.73 bits per heavy atom. The van der Waals surface area contributed by atoms with Gasteiger partial charge in [0.15, 0.2) is 11.1 Å². The smallest absolute Gasteiger partial charge is 0.229 e. The normalized spacial score (nSPS) is 16.2. The fourth-order valence-corrected chi connectivity index (χ4v) is 6.02. The molecular weight excluding hydrogens is 488 g/mol. The Hall–Kier alpha value is -3.76. The van der Waals surface area contributed by atoms with Gasteiger partial charge in [-0.25, -0.2) is 13.4 Å². The average molecular weight is 517 g/mol. The van der Waals surface area contributed by atoms with E-state index in [4.69, 9.17) is 4.98 Å². The van der Waals surface area contributed by atoms with E-state index in [9.17, 15) is 13.2 Å². The fraction of sp³-hybridized carbons (Fsp3) is 0.296. The molecule has 1 aliphatic heterocycles. The van der Waals surface area contributed by atoms with Crippen LogP contribution in [0.15, 0.2) is 65.7 Å². The zero-order chi connectivity index (χ0) is 25.6. The predicted octanol–water partition coefficient (Wildman–Crippen LogP) is 3.09. The number of piperazine rings is 1. The van der Waals surface area contributed by atoms with E-state index in [0.717, 1.165) is 29.9 Å². The maximum atomic E-state index is 12.6. The van der Waals surface area contributed by atoms with Crippen molar-refractivity contribution in [2.45, 2.75) is 19.3 Å². The van der Waals surface area contributed by atoms with Crippen molar-refractivity contribution in [3.8, 4) is 5.69 Å². The van der Waals surface area contributed by atoms with Crippen molar-refractivity contribution >= 4 is 38.4 Å². The molecule has 2 aromatic carbocycles. The highest BCUT2D eigenvalue weighted by Gasteiger charge is 2.23. The Kier molecular flexibility index (Phi) is 5.92. The maximum absolute atomic E-state index is 12.6. The SMILES string of the molecule is CS(=O)(=O)N1CCN(c2cccc(Nc3ncc4c(=O)ccn(-c5ccc6c(c5)CCC6)c4n3)c2)CC1. The second-order valence-corrected chi connectivity index (χ2v) is 11.6. The molecular formula is C27H28N6O3S. The Labute approximate surface area is 215 Å². The van der Waals surface area contributed by atoms with Crippen LogP contribution in [0.5, 0.6) is 0 Å². The third kappa shape index (κ3) is 4.70. The molecule has 4 aromatic rings.